The van der Waals surface area contributed by atoms with E-state index < -0.39 is 0 Å². The first-order chi connectivity index (χ1) is 13.5. The number of hydrogen-bond acceptors (Lipinski definition) is 3. The molecule has 4 rings (SSSR count). The molecule has 1 N–H and O–H groups in total. The van der Waals surface area contributed by atoms with E-state index in [0.29, 0.717) is 37.4 Å². The number of piperidine rings is 1. The molecule has 2 aromatic rings. The SMILES string of the molecule is Cc1cc([C@@H]2C[C@H](C(=O)NCc3ccco3)CN(C(=O)C3CC3)C2)ccc1F. The van der Waals surface area contributed by atoms with Gasteiger partial charge in [-0.2, -0.15) is 0 Å². The van der Waals surface area contributed by atoms with Gasteiger partial charge in [0.2, 0.25) is 11.8 Å². The van der Waals surface area contributed by atoms with Gasteiger partial charge in [0.1, 0.15) is 11.6 Å². The van der Waals surface area contributed by atoms with Gasteiger partial charge in [-0.15, -0.1) is 0 Å². The second-order valence-corrected chi connectivity index (χ2v) is 7.95. The molecule has 2 heterocycles. The summed E-state index contributed by atoms with van der Waals surface area (Å²) in [6.45, 7) is 3.10. The lowest BCUT2D eigenvalue weighted by Gasteiger charge is -2.37. The lowest BCUT2D eigenvalue weighted by molar-refractivity contribution is -0.137. The van der Waals surface area contributed by atoms with Crippen LogP contribution >= 0.6 is 0 Å². The standard InChI is InChI=1S/C22H25FN2O3/c1-14-9-16(6-7-20(14)23)17-10-18(13-25(12-17)22(27)15-4-5-15)21(26)24-11-19-3-2-8-28-19/h2-3,6-9,15,17-18H,4-5,10-13H2,1H3,(H,24,26)/t17-,18+/m1/s1. The van der Waals surface area contributed by atoms with E-state index in [1.54, 1.807) is 25.3 Å². The Bertz CT molecular complexity index is 861. The van der Waals surface area contributed by atoms with Gasteiger partial charge in [0.05, 0.1) is 18.7 Å². The lowest BCUT2D eigenvalue weighted by atomic mass is 9.83. The summed E-state index contributed by atoms with van der Waals surface area (Å²) in [5.74, 6) is 0.373. The van der Waals surface area contributed by atoms with Gasteiger partial charge in [0, 0.05) is 24.9 Å². The Hall–Kier alpha value is -2.63. The third-order valence-electron chi connectivity index (χ3n) is 5.73. The molecule has 0 unspecified atom stereocenters. The molecule has 2 atom stereocenters. The van der Waals surface area contributed by atoms with E-state index in [9.17, 15) is 14.0 Å². The molecule has 1 aromatic heterocycles. The summed E-state index contributed by atoms with van der Waals surface area (Å²) in [6.07, 6.45) is 4.09. The maximum absolute atomic E-state index is 13.7. The smallest absolute Gasteiger partial charge is 0.225 e. The van der Waals surface area contributed by atoms with Crippen LogP contribution in [0.2, 0.25) is 0 Å². The zero-order valence-corrected chi connectivity index (χ0v) is 16.0. The van der Waals surface area contributed by atoms with Gasteiger partial charge in [0.25, 0.3) is 0 Å². The van der Waals surface area contributed by atoms with Crippen molar-refractivity contribution < 1.29 is 18.4 Å². The van der Waals surface area contributed by atoms with Gasteiger partial charge in [0.15, 0.2) is 0 Å². The summed E-state index contributed by atoms with van der Waals surface area (Å²) < 4.78 is 19.0. The Labute approximate surface area is 163 Å². The Morgan fingerprint density at radius 3 is 2.71 bits per heavy atom. The van der Waals surface area contributed by atoms with Crippen LogP contribution in [0.1, 0.15) is 42.1 Å². The van der Waals surface area contributed by atoms with Gasteiger partial charge in [-0.25, -0.2) is 4.39 Å². The molecule has 2 fully saturated rings. The maximum Gasteiger partial charge on any atom is 0.225 e. The van der Waals surface area contributed by atoms with Crippen LogP contribution in [0.5, 0.6) is 0 Å². The number of hydrogen-bond donors (Lipinski definition) is 1. The molecular weight excluding hydrogens is 359 g/mol. The van der Waals surface area contributed by atoms with Crippen molar-refractivity contribution in [2.75, 3.05) is 13.1 Å². The first-order valence-corrected chi connectivity index (χ1v) is 9.86. The molecular formula is C22H25FN2O3. The highest BCUT2D eigenvalue weighted by Crippen LogP contribution is 2.36. The minimum absolute atomic E-state index is 0.0233. The fraction of sp³-hybridized carbons (Fsp3) is 0.455. The Morgan fingerprint density at radius 2 is 2.04 bits per heavy atom. The first-order valence-electron chi connectivity index (χ1n) is 9.86. The molecule has 6 heteroatoms. The summed E-state index contributed by atoms with van der Waals surface area (Å²) in [7, 11) is 0. The van der Waals surface area contributed by atoms with Crippen LogP contribution in [0.15, 0.2) is 41.0 Å². The van der Waals surface area contributed by atoms with Gasteiger partial charge >= 0.3 is 0 Å². The molecule has 0 radical (unpaired) electrons. The molecule has 0 spiro atoms. The molecule has 1 aliphatic heterocycles. The second kappa shape index (κ2) is 7.78. The van der Waals surface area contributed by atoms with E-state index in [1.807, 2.05) is 17.0 Å². The van der Waals surface area contributed by atoms with Crippen LogP contribution < -0.4 is 5.32 Å². The lowest BCUT2D eigenvalue weighted by Crippen LogP contribution is -2.48. The van der Waals surface area contributed by atoms with Crippen molar-refractivity contribution in [1.82, 2.24) is 10.2 Å². The molecule has 1 saturated carbocycles. The fourth-order valence-electron chi connectivity index (χ4n) is 3.95. The molecule has 148 valence electrons. The normalized spacial score (nSPS) is 22.1. The van der Waals surface area contributed by atoms with Crippen LogP contribution in [-0.2, 0) is 16.1 Å². The first kappa shape index (κ1) is 18.7. The maximum atomic E-state index is 13.7. The van der Waals surface area contributed by atoms with Gasteiger partial charge < -0.3 is 14.6 Å². The summed E-state index contributed by atoms with van der Waals surface area (Å²) in [4.78, 5) is 27.3. The topological polar surface area (TPSA) is 62.6 Å². The largest absolute Gasteiger partial charge is 0.467 e. The number of benzene rings is 1. The summed E-state index contributed by atoms with van der Waals surface area (Å²) in [5.41, 5.74) is 1.57. The summed E-state index contributed by atoms with van der Waals surface area (Å²) >= 11 is 0. The number of likely N-dealkylation sites (tertiary alicyclic amines) is 1. The Balaban J connectivity index is 1.50. The van der Waals surface area contributed by atoms with Crippen LogP contribution in [0, 0.1) is 24.6 Å². The molecule has 1 aromatic carbocycles. The predicted molar refractivity (Wildman–Crippen MR) is 102 cm³/mol. The summed E-state index contributed by atoms with van der Waals surface area (Å²) in [6, 6.07) is 8.68. The number of nitrogens with zero attached hydrogens (tertiary/aromatic N) is 1. The summed E-state index contributed by atoms with van der Waals surface area (Å²) in [5, 5.41) is 2.92. The molecule has 1 saturated heterocycles. The molecule has 1 aliphatic carbocycles. The minimum atomic E-state index is -0.290. The van der Waals surface area contributed by atoms with Crippen molar-refractivity contribution in [3.05, 3.63) is 59.3 Å². The van der Waals surface area contributed by atoms with Crippen molar-refractivity contribution in [3.8, 4) is 0 Å². The molecule has 2 aliphatic rings. The predicted octanol–water partition coefficient (Wildman–Crippen LogP) is 3.39. The van der Waals surface area contributed by atoms with Crippen molar-refractivity contribution in [2.24, 2.45) is 11.8 Å². The van der Waals surface area contributed by atoms with Gasteiger partial charge in [-0.1, -0.05) is 12.1 Å². The average molecular weight is 384 g/mol. The number of halogens is 1. The molecule has 2 amide bonds. The molecule has 5 nitrogen and oxygen atoms in total. The van der Waals surface area contributed by atoms with Crippen LogP contribution in [0.3, 0.4) is 0 Å². The third kappa shape index (κ3) is 4.11. The van der Waals surface area contributed by atoms with E-state index in [1.165, 1.54) is 6.07 Å². The number of amides is 2. The van der Waals surface area contributed by atoms with Crippen molar-refractivity contribution in [3.63, 3.8) is 0 Å². The minimum Gasteiger partial charge on any atom is -0.467 e. The fourth-order valence-corrected chi connectivity index (χ4v) is 3.95. The van der Waals surface area contributed by atoms with E-state index >= 15 is 0 Å². The van der Waals surface area contributed by atoms with E-state index in [-0.39, 0.29) is 35.4 Å². The van der Waals surface area contributed by atoms with Gasteiger partial charge in [-0.3, -0.25) is 9.59 Å². The van der Waals surface area contributed by atoms with E-state index in [4.69, 9.17) is 4.42 Å². The van der Waals surface area contributed by atoms with Crippen LogP contribution in [0.4, 0.5) is 4.39 Å². The van der Waals surface area contributed by atoms with E-state index in [2.05, 4.69) is 5.32 Å². The highest BCUT2D eigenvalue weighted by Gasteiger charge is 2.39. The van der Waals surface area contributed by atoms with E-state index in [0.717, 1.165) is 18.4 Å². The highest BCUT2D eigenvalue weighted by atomic mass is 19.1. The quantitative estimate of drug-likeness (QED) is 0.860. The average Bonchev–Trinajstić information content (AvgIpc) is 3.42. The number of nitrogens with one attached hydrogen (secondary N) is 1. The number of aryl methyl sites for hydroxylation is 1. The zero-order chi connectivity index (χ0) is 19.7. The van der Waals surface area contributed by atoms with Crippen LogP contribution in [-0.4, -0.2) is 29.8 Å². The third-order valence-corrected chi connectivity index (χ3v) is 5.73. The van der Waals surface area contributed by atoms with Crippen molar-refractivity contribution >= 4 is 11.8 Å². The highest BCUT2D eigenvalue weighted by molar-refractivity contribution is 5.83. The number of carbonyl (C=O) groups excluding carboxylic acids is 2. The Morgan fingerprint density at radius 1 is 1.21 bits per heavy atom. The van der Waals surface area contributed by atoms with Gasteiger partial charge in [-0.05, 0) is 55.5 Å². The van der Waals surface area contributed by atoms with Crippen molar-refractivity contribution in [2.45, 2.75) is 38.6 Å². The molecule has 28 heavy (non-hydrogen) atoms. The number of furan rings is 1. The zero-order valence-electron chi connectivity index (χ0n) is 16.0. The van der Waals surface area contributed by atoms with Crippen LogP contribution in [0.25, 0.3) is 0 Å². The molecule has 0 bridgehead atoms. The van der Waals surface area contributed by atoms with Crippen molar-refractivity contribution in [1.29, 1.82) is 0 Å². The second-order valence-electron chi connectivity index (χ2n) is 7.95. The Kier molecular flexibility index (Phi) is 5.20. The monoisotopic (exact) mass is 384 g/mol. The number of rotatable bonds is 5. The number of carbonyl (C=O) groups is 2.